The lowest BCUT2D eigenvalue weighted by molar-refractivity contribution is 0.499. The summed E-state index contributed by atoms with van der Waals surface area (Å²) in [5, 5.41) is 4.31. The topological polar surface area (TPSA) is 25.2 Å². The van der Waals surface area contributed by atoms with Crippen LogP contribution in [-0.4, -0.2) is 6.54 Å². The van der Waals surface area contributed by atoms with Crippen LogP contribution in [0, 0.1) is 18.7 Å². The molecule has 3 heteroatoms. The predicted molar refractivity (Wildman–Crippen MR) is 81.4 cm³/mol. The molecular weight excluding hydrogens is 253 g/mol. The minimum Gasteiger partial charge on any atom is -0.459 e. The number of furan rings is 1. The first-order valence-electron chi connectivity index (χ1n) is 7.44. The van der Waals surface area contributed by atoms with E-state index in [1.54, 1.807) is 6.07 Å². The van der Waals surface area contributed by atoms with Gasteiger partial charge in [0.2, 0.25) is 0 Å². The van der Waals surface area contributed by atoms with Gasteiger partial charge in [0, 0.05) is 10.9 Å². The van der Waals surface area contributed by atoms with Crippen molar-refractivity contribution in [2.75, 3.05) is 6.54 Å². The van der Waals surface area contributed by atoms with E-state index in [4.69, 9.17) is 4.42 Å². The first kappa shape index (κ1) is 15.0. The predicted octanol–water partition coefficient (Wildman–Crippen LogP) is 4.58. The summed E-state index contributed by atoms with van der Waals surface area (Å²) in [7, 11) is 0. The molecule has 0 aliphatic heterocycles. The molecule has 2 nitrogen and oxygen atoms in total. The van der Waals surface area contributed by atoms with Crippen LogP contribution in [0.1, 0.15) is 44.1 Å². The van der Waals surface area contributed by atoms with Gasteiger partial charge < -0.3 is 9.73 Å². The maximum Gasteiger partial charge on any atom is 0.137 e. The molecule has 1 aromatic carbocycles. The lowest BCUT2D eigenvalue weighted by Gasteiger charge is -2.07. The number of fused-ring (bicyclic) bond motifs is 1. The first-order valence-corrected chi connectivity index (χ1v) is 7.44. The molecule has 0 aliphatic rings. The van der Waals surface area contributed by atoms with Gasteiger partial charge in [-0.2, -0.15) is 0 Å². The molecule has 0 aliphatic carbocycles. The van der Waals surface area contributed by atoms with E-state index in [9.17, 15) is 4.39 Å². The van der Waals surface area contributed by atoms with Crippen molar-refractivity contribution in [3.05, 3.63) is 34.8 Å². The fraction of sp³-hybridized carbons (Fsp3) is 0.529. The van der Waals surface area contributed by atoms with Gasteiger partial charge >= 0.3 is 0 Å². The van der Waals surface area contributed by atoms with E-state index < -0.39 is 0 Å². The minimum atomic E-state index is -0.186. The number of hydrogen-bond donors (Lipinski definition) is 1. The van der Waals surface area contributed by atoms with Crippen molar-refractivity contribution in [2.45, 2.75) is 47.1 Å². The number of aryl methyl sites for hydroxylation is 1. The molecule has 0 amide bonds. The van der Waals surface area contributed by atoms with E-state index >= 15 is 0 Å². The minimum absolute atomic E-state index is 0.186. The number of halogens is 1. The lowest BCUT2D eigenvalue weighted by atomic mass is 9.99. The van der Waals surface area contributed by atoms with Gasteiger partial charge in [0.05, 0.1) is 6.54 Å². The third kappa shape index (κ3) is 3.21. The molecule has 110 valence electrons. The van der Waals surface area contributed by atoms with Crippen LogP contribution in [0.4, 0.5) is 4.39 Å². The van der Waals surface area contributed by atoms with Crippen LogP contribution >= 0.6 is 0 Å². The fourth-order valence-corrected chi connectivity index (χ4v) is 2.58. The molecule has 0 radical (unpaired) electrons. The van der Waals surface area contributed by atoms with E-state index in [2.05, 4.69) is 26.1 Å². The van der Waals surface area contributed by atoms with Crippen molar-refractivity contribution in [3.8, 4) is 0 Å². The Labute approximate surface area is 120 Å². The molecule has 0 saturated carbocycles. The molecule has 1 heterocycles. The average Bonchev–Trinajstić information content (AvgIpc) is 2.68. The van der Waals surface area contributed by atoms with Crippen molar-refractivity contribution in [1.29, 1.82) is 0 Å². The largest absolute Gasteiger partial charge is 0.459 e. The van der Waals surface area contributed by atoms with Crippen LogP contribution in [0.5, 0.6) is 0 Å². The van der Waals surface area contributed by atoms with Crippen molar-refractivity contribution >= 4 is 11.0 Å². The zero-order chi connectivity index (χ0) is 14.7. The van der Waals surface area contributed by atoms with Crippen LogP contribution in [0.3, 0.4) is 0 Å². The average molecular weight is 277 g/mol. The lowest BCUT2D eigenvalue weighted by Crippen LogP contribution is -2.14. The third-order valence-electron chi connectivity index (χ3n) is 3.45. The molecule has 1 N–H and O–H groups in total. The summed E-state index contributed by atoms with van der Waals surface area (Å²) < 4.78 is 19.7. The molecule has 0 saturated heterocycles. The highest BCUT2D eigenvalue weighted by atomic mass is 19.1. The molecule has 0 unspecified atom stereocenters. The van der Waals surface area contributed by atoms with Crippen LogP contribution in [-0.2, 0) is 13.0 Å². The molecule has 0 bridgehead atoms. The zero-order valence-electron chi connectivity index (χ0n) is 12.8. The van der Waals surface area contributed by atoms with Crippen molar-refractivity contribution in [2.24, 2.45) is 5.92 Å². The van der Waals surface area contributed by atoms with Crippen molar-refractivity contribution in [3.63, 3.8) is 0 Å². The summed E-state index contributed by atoms with van der Waals surface area (Å²) >= 11 is 0. The van der Waals surface area contributed by atoms with E-state index in [1.807, 2.05) is 6.92 Å². The summed E-state index contributed by atoms with van der Waals surface area (Å²) in [6.07, 6.45) is 2.01. The SMILES string of the molecule is CCCNCc1oc2c(C)cc(F)cc2c1CC(C)C. The molecule has 0 atom stereocenters. The number of rotatable bonds is 6. The third-order valence-corrected chi connectivity index (χ3v) is 3.45. The highest BCUT2D eigenvalue weighted by Crippen LogP contribution is 2.31. The summed E-state index contributed by atoms with van der Waals surface area (Å²) in [5.74, 6) is 1.29. The number of benzene rings is 1. The zero-order valence-corrected chi connectivity index (χ0v) is 12.8. The van der Waals surface area contributed by atoms with Gasteiger partial charge in [-0.3, -0.25) is 0 Å². The summed E-state index contributed by atoms with van der Waals surface area (Å²) in [6.45, 7) is 10.1. The Bertz CT molecular complexity index is 586. The normalized spacial score (nSPS) is 11.7. The smallest absolute Gasteiger partial charge is 0.137 e. The molecule has 0 spiro atoms. The second-order valence-electron chi connectivity index (χ2n) is 5.88. The van der Waals surface area contributed by atoms with Gasteiger partial charge in [-0.05, 0) is 49.9 Å². The summed E-state index contributed by atoms with van der Waals surface area (Å²) in [4.78, 5) is 0. The van der Waals surface area contributed by atoms with Crippen LogP contribution in [0.15, 0.2) is 16.5 Å². The molecule has 0 fully saturated rings. The fourth-order valence-electron chi connectivity index (χ4n) is 2.58. The van der Waals surface area contributed by atoms with Gasteiger partial charge in [-0.15, -0.1) is 0 Å². The summed E-state index contributed by atoms with van der Waals surface area (Å²) in [5.41, 5.74) is 2.85. The Kier molecular flexibility index (Phi) is 4.81. The van der Waals surface area contributed by atoms with E-state index in [1.165, 1.54) is 6.07 Å². The molecule has 2 rings (SSSR count). The number of hydrogen-bond acceptors (Lipinski definition) is 2. The van der Waals surface area contributed by atoms with Crippen molar-refractivity contribution < 1.29 is 8.81 Å². The second-order valence-corrected chi connectivity index (χ2v) is 5.88. The molecule has 2 aromatic rings. The second kappa shape index (κ2) is 6.40. The molecule has 20 heavy (non-hydrogen) atoms. The van der Waals surface area contributed by atoms with Crippen LogP contribution < -0.4 is 5.32 Å². The van der Waals surface area contributed by atoms with Gasteiger partial charge in [0.15, 0.2) is 0 Å². The Morgan fingerprint density at radius 3 is 2.70 bits per heavy atom. The Morgan fingerprint density at radius 2 is 2.05 bits per heavy atom. The standard InChI is InChI=1S/C17H24FNO/c1-5-6-19-10-16-14(7-11(2)3)15-9-13(18)8-12(4)17(15)20-16/h8-9,11,19H,5-7,10H2,1-4H3. The molecule has 1 aromatic heterocycles. The molecular formula is C17H24FNO. The van der Waals surface area contributed by atoms with Crippen LogP contribution in [0.2, 0.25) is 0 Å². The van der Waals surface area contributed by atoms with E-state index in [0.717, 1.165) is 47.2 Å². The number of nitrogens with one attached hydrogen (secondary N) is 1. The highest BCUT2D eigenvalue weighted by molar-refractivity contribution is 5.85. The first-order chi connectivity index (χ1) is 9.52. The maximum absolute atomic E-state index is 13.7. The quantitative estimate of drug-likeness (QED) is 0.782. The van der Waals surface area contributed by atoms with Gasteiger partial charge in [0.25, 0.3) is 0 Å². The van der Waals surface area contributed by atoms with Crippen LogP contribution in [0.25, 0.3) is 11.0 Å². The highest BCUT2D eigenvalue weighted by Gasteiger charge is 2.17. The maximum atomic E-state index is 13.7. The van der Waals surface area contributed by atoms with Gasteiger partial charge in [0.1, 0.15) is 17.2 Å². The Morgan fingerprint density at radius 1 is 1.30 bits per heavy atom. The Balaban J connectivity index is 2.46. The monoisotopic (exact) mass is 277 g/mol. The van der Waals surface area contributed by atoms with Gasteiger partial charge in [-0.1, -0.05) is 20.8 Å². The van der Waals surface area contributed by atoms with E-state index in [0.29, 0.717) is 12.5 Å². The van der Waals surface area contributed by atoms with E-state index in [-0.39, 0.29) is 5.82 Å². The Hall–Kier alpha value is -1.35. The summed E-state index contributed by atoms with van der Waals surface area (Å²) in [6, 6.07) is 3.14. The van der Waals surface area contributed by atoms with Crippen molar-refractivity contribution in [1.82, 2.24) is 5.32 Å². The van der Waals surface area contributed by atoms with Gasteiger partial charge in [-0.25, -0.2) is 4.39 Å².